The number of hydrogen-bond donors (Lipinski definition) is 0. The van der Waals surface area contributed by atoms with Gasteiger partial charge in [-0.15, -0.1) is 0 Å². The van der Waals surface area contributed by atoms with Gasteiger partial charge in [-0.1, -0.05) is 0 Å². The van der Waals surface area contributed by atoms with Crippen LogP contribution in [0, 0.1) is 6.92 Å². The average Bonchev–Trinajstić information content (AvgIpc) is 2.05. The lowest BCUT2D eigenvalue weighted by Gasteiger charge is -2.00. The van der Waals surface area contributed by atoms with Crippen molar-refractivity contribution in [3.05, 3.63) is 22.3 Å². The van der Waals surface area contributed by atoms with Crippen LogP contribution in [0.25, 0.3) is 10.4 Å². The van der Waals surface area contributed by atoms with Crippen LogP contribution in [0.15, 0.2) is 11.3 Å². The van der Waals surface area contributed by atoms with Crippen LogP contribution in [-0.4, -0.2) is 17.1 Å². The molecule has 1 aromatic heterocycles. The topological polar surface area (TPSA) is 83.8 Å². The number of nitrogens with zero attached hydrogens (tertiary/aromatic N) is 5. The first-order chi connectivity index (χ1) is 5.77. The second-order valence-corrected chi connectivity index (χ2v) is 2.03. The highest BCUT2D eigenvalue weighted by molar-refractivity contribution is 5.39. The quantitative estimate of drug-likeness (QED) is 0.380. The highest BCUT2D eigenvalue weighted by Gasteiger charge is 2.02. The molecule has 1 rings (SSSR count). The van der Waals surface area contributed by atoms with Gasteiger partial charge < -0.3 is 4.74 Å². The molecule has 0 unspecified atom stereocenters. The molecule has 0 aliphatic rings. The molecule has 62 valence electrons. The van der Waals surface area contributed by atoms with Gasteiger partial charge in [0.15, 0.2) is 5.82 Å². The van der Waals surface area contributed by atoms with E-state index in [0.717, 1.165) is 0 Å². The Balaban J connectivity index is 3.20. The normalized spacial score (nSPS) is 8.83. The summed E-state index contributed by atoms with van der Waals surface area (Å²) in [6.07, 6.45) is 1.54. The molecule has 0 aliphatic heterocycles. The Kier molecular flexibility index (Phi) is 2.45. The van der Waals surface area contributed by atoms with E-state index < -0.39 is 0 Å². The van der Waals surface area contributed by atoms with Gasteiger partial charge in [-0.3, -0.25) is 0 Å². The van der Waals surface area contributed by atoms with Crippen molar-refractivity contribution in [3.8, 4) is 5.88 Å². The van der Waals surface area contributed by atoms with Crippen molar-refractivity contribution in [1.82, 2.24) is 9.97 Å². The second-order valence-electron chi connectivity index (χ2n) is 2.03. The molecule has 0 N–H and O–H groups in total. The van der Waals surface area contributed by atoms with Crippen molar-refractivity contribution in [2.75, 3.05) is 7.11 Å². The van der Waals surface area contributed by atoms with E-state index in [0.29, 0.717) is 5.69 Å². The summed E-state index contributed by atoms with van der Waals surface area (Å²) in [5, 5.41) is 3.32. The van der Waals surface area contributed by atoms with E-state index in [1.807, 2.05) is 0 Å². The van der Waals surface area contributed by atoms with Gasteiger partial charge in [-0.25, -0.2) is 9.97 Å². The first kappa shape index (κ1) is 8.29. The first-order valence-corrected chi connectivity index (χ1v) is 3.20. The third-order valence-electron chi connectivity index (χ3n) is 1.17. The Morgan fingerprint density at radius 2 is 2.42 bits per heavy atom. The van der Waals surface area contributed by atoms with Crippen LogP contribution in [0.1, 0.15) is 5.69 Å². The van der Waals surface area contributed by atoms with E-state index in [1.165, 1.54) is 13.3 Å². The number of hydrogen-bond acceptors (Lipinski definition) is 4. The Morgan fingerprint density at radius 3 is 3.00 bits per heavy atom. The molecule has 0 aliphatic carbocycles. The Morgan fingerprint density at radius 1 is 1.67 bits per heavy atom. The van der Waals surface area contributed by atoms with Crippen LogP contribution in [0.3, 0.4) is 0 Å². The maximum atomic E-state index is 8.17. The van der Waals surface area contributed by atoms with Crippen LogP contribution in [0.5, 0.6) is 5.88 Å². The van der Waals surface area contributed by atoms with Gasteiger partial charge in [0, 0.05) is 4.91 Å². The molecule has 0 radical (unpaired) electrons. The number of rotatable bonds is 2. The molecule has 6 nitrogen and oxygen atoms in total. The molecule has 0 fully saturated rings. The zero-order chi connectivity index (χ0) is 8.97. The molecule has 6 heteroatoms. The lowest BCUT2D eigenvalue weighted by molar-refractivity contribution is 0.397. The van der Waals surface area contributed by atoms with E-state index in [-0.39, 0.29) is 11.7 Å². The monoisotopic (exact) mass is 165 g/mol. The molecule has 0 spiro atoms. The zero-order valence-corrected chi connectivity index (χ0v) is 6.72. The van der Waals surface area contributed by atoms with Crippen molar-refractivity contribution < 1.29 is 4.74 Å². The van der Waals surface area contributed by atoms with Gasteiger partial charge in [-0.2, -0.15) is 0 Å². The van der Waals surface area contributed by atoms with Crippen LogP contribution in [0.4, 0.5) is 5.82 Å². The Hall–Kier alpha value is -1.81. The standard InChI is InChI=1S/C6H7N5O/c1-4-3-8-6(12-2)5(9-4)10-11-7/h3H,1-2H3. The summed E-state index contributed by atoms with van der Waals surface area (Å²) in [6, 6.07) is 0. The molecule has 0 saturated heterocycles. The van der Waals surface area contributed by atoms with Crippen molar-refractivity contribution >= 4 is 5.82 Å². The third kappa shape index (κ3) is 1.62. The molecule has 1 heterocycles. The van der Waals surface area contributed by atoms with E-state index >= 15 is 0 Å². The maximum absolute atomic E-state index is 8.17. The van der Waals surface area contributed by atoms with Gasteiger partial charge in [0.2, 0.25) is 5.88 Å². The number of azide groups is 1. The number of methoxy groups -OCH3 is 1. The van der Waals surface area contributed by atoms with Gasteiger partial charge >= 0.3 is 0 Å². The fourth-order valence-electron chi connectivity index (χ4n) is 0.705. The van der Waals surface area contributed by atoms with Crippen molar-refractivity contribution in [2.45, 2.75) is 6.92 Å². The lowest BCUT2D eigenvalue weighted by atomic mass is 10.5. The van der Waals surface area contributed by atoms with Crippen LogP contribution in [-0.2, 0) is 0 Å². The summed E-state index contributed by atoms with van der Waals surface area (Å²) >= 11 is 0. The van der Waals surface area contributed by atoms with Crippen LogP contribution < -0.4 is 4.74 Å². The largest absolute Gasteiger partial charge is 0.480 e. The molecular formula is C6H7N5O. The fraction of sp³-hybridized carbons (Fsp3) is 0.333. The minimum atomic E-state index is 0.167. The molecule has 0 saturated carbocycles. The van der Waals surface area contributed by atoms with Crippen molar-refractivity contribution in [1.29, 1.82) is 0 Å². The SMILES string of the molecule is COc1ncc(C)nc1N=[N+]=[N-]. The first-order valence-electron chi connectivity index (χ1n) is 3.20. The van der Waals surface area contributed by atoms with Gasteiger partial charge in [-0.05, 0) is 17.6 Å². The third-order valence-corrected chi connectivity index (χ3v) is 1.17. The summed E-state index contributed by atoms with van der Waals surface area (Å²) < 4.78 is 4.81. The lowest BCUT2D eigenvalue weighted by Crippen LogP contribution is -1.91. The summed E-state index contributed by atoms with van der Waals surface area (Å²) in [5.74, 6) is 0.401. The highest BCUT2D eigenvalue weighted by Crippen LogP contribution is 2.21. The molecule has 1 aromatic rings. The predicted molar refractivity (Wildman–Crippen MR) is 42.1 cm³/mol. The van der Waals surface area contributed by atoms with E-state index in [4.69, 9.17) is 10.3 Å². The van der Waals surface area contributed by atoms with Crippen LogP contribution >= 0.6 is 0 Å². The maximum Gasteiger partial charge on any atom is 0.242 e. The summed E-state index contributed by atoms with van der Waals surface area (Å²) in [7, 11) is 1.44. The second kappa shape index (κ2) is 3.54. The van der Waals surface area contributed by atoms with E-state index in [2.05, 4.69) is 20.0 Å². The average molecular weight is 165 g/mol. The number of aryl methyl sites for hydroxylation is 1. The van der Waals surface area contributed by atoms with Gasteiger partial charge in [0.1, 0.15) is 0 Å². The predicted octanol–water partition coefficient (Wildman–Crippen LogP) is 1.74. The summed E-state index contributed by atoms with van der Waals surface area (Å²) in [6.45, 7) is 1.75. The van der Waals surface area contributed by atoms with Crippen molar-refractivity contribution in [2.24, 2.45) is 5.11 Å². The Bertz CT molecular complexity index is 331. The molecule has 0 amide bonds. The molecular weight excluding hydrogens is 158 g/mol. The van der Waals surface area contributed by atoms with E-state index in [9.17, 15) is 0 Å². The molecule has 0 atom stereocenters. The number of aromatic nitrogens is 2. The smallest absolute Gasteiger partial charge is 0.242 e. The molecule has 12 heavy (non-hydrogen) atoms. The van der Waals surface area contributed by atoms with E-state index in [1.54, 1.807) is 6.92 Å². The van der Waals surface area contributed by atoms with Crippen molar-refractivity contribution in [3.63, 3.8) is 0 Å². The minimum Gasteiger partial charge on any atom is -0.480 e. The van der Waals surface area contributed by atoms with Gasteiger partial charge in [0.05, 0.1) is 19.0 Å². The zero-order valence-electron chi connectivity index (χ0n) is 6.72. The molecule has 0 bridgehead atoms. The van der Waals surface area contributed by atoms with Gasteiger partial charge in [0.25, 0.3) is 0 Å². The highest BCUT2D eigenvalue weighted by atomic mass is 16.5. The van der Waals surface area contributed by atoms with Crippen LogP contribution in [0.2, 0.25) is 0 Å². The summed E-state index contributed by atoms with van der Waals surface area (Å²) in [4.78, 5) is 10.4. The minimum absolute atomic E-state index is 0.167. The fourth-order valence-corrected chi connectivity index (χ4v) is 0.705. The number of ether oxygens (including phenoxy) is 1. The summed E-state index contributed by atoms with van der Waals surface area (Å²) in [5.41, 5.74) is 8.84. The molecule has 0 aromatic carbocycles. The Labute approximate surface area is 68.8 Å².